The Hall–Kier alpha value is -1.40. The highest BCUT2D eigenvalue weighted by Gasteiger charge is 2.25. The number of carboxylic acids is 1. The van der Waals surface area contributed by atoms with Crippen molar-refractivity contribution in [1.82, 2.24) is 10.2 Å². The SMILES string of the molecule is O=C(O)CNC(=O)CN(Cc1ccccc1Br)C1CCCC1. The number of halogens is 1. The van der Waals surface area contributed by atoms with E-state index in [1.165, 1.54) is 12.8 Å². The van der Waals surface area contributed by atoms with Gasteiger partial charge < -0.3 is 10.4 Å². The largest absolute Gasteiger partial charge is 0.480 e. The van der Waals surface area contributed by atoms with E-state index in [1.54, 1.807) is 0 Å². The van der Waals surface area contributed by atoms with E-state index in [1.807, 2.05) is 24.3 Å². The molecule has 0 bridgehead atoms. The van der Waals surface area contributed by atoms with E-state index < -0.39 is 5.97 Å². The van der Waals surface area contributed by atoms with Gasteiger partial charge in [-0.2, -0.15) is 0 Å². The molecule has 0 atom stereocenters. The number of carbonyl (C=O) groups is 2. The molecule has 120 valence electrons. The van der Waals surface area contributed by atoms with Crippen molar-refractivity contribution in [1.29, 1.82) is 0 Å². The van der Waals surface area contributed by atoms with Crippen LogP contribution in [0.25, 0.3) is 0 Å². The molecule has 0 radical (unpaired) electrons. The van der Waals surface area contributed by atoms with Crippen molar-refractivity contribution >= 4 is 27.8 Å². The van der Waals surface area contributed by atoms with Gasteiger partial charge in [-0.3, -0.25) is 14.5 Å². The van der Waals surface area contributed by atoms with E-state index in [4.69, 9.17) is 5.11 Å². The molecule has 6 heteroatoms. The third-order valence-electron chi connectivity index (χ3n) is 3.96. The Morgan fingerprint density at radius 3 is 2.59 bits per heavy atom. The van der Waals surface area contributed by atoms with Crippen molar-refractivity contribution in [3.05, 3.63) is 34.3 Å². The topological polar surface area (TPSA) is 69.6 Å². The molecule has 1 aromatic carbocycles. The van der Waals surface area contributed by atoms with Crippen LogP contribution in [0.3, 0.4) is 0 Å². The van der Waals surface area contributed by atoms with E-state index in [9.17, 15) is 9.59 Å². The maximum absolute atomic E-state index is 12.0. The molecule has 1 saturated carbocycles. The van der Waals surface area contributed by atoms with Crippen LogP contribution >= 0.6 is 15.9 Å². The Balaban J connectivity index is 2.01. The van der Waals surface area contributed by atoms with E-state index in [-0.39, 0.29) is 19.0 Å². The van der Waals surface area contributed by atoms with Crippen LogP contribution in [0.5, 0.6) is 0 Å². The molecule has 0 heterocycles. The van der Waals surface area contributed by atoms with Gasteiger partial charge in [-0.05, 0) is 24.5 Å². The fraction of sp³-hybridized carbons (Fsp3) is 0.500. The van der Waals surface area contributed by atoms with Crippen LogP contribution in [0.4, 0.5) is 0 Å². The number of hydrogen-bond acceptors (Lipinski definition) is 3. The predicted molar refractivity (Wildman–Crippen MR) is 87.5 cm³/mol. The number of carboxylic acid groups (broad SMARTS) is 1. The maximum Gasteiger partial charge on any atom is 0.322 e. The van der Waals surface area contributed by atoms with Crippen LogP contribution in [0.15, 0.2) is 28.7 Å². The van der Waals surface area contributed by atoms with Gasteiger partial charge in [-0.1, -0.05) is 47.0 Å². The van der Waals surface area contributed by atoms with Gasteiger partial charge in [0.2, 0.25) is 5.91 Å². The van der Waals surface area contributed by atoms with Crippen molar-refractivity contribution < 1.29 is 14.7 Å². The molecule has 0 aliphatic heterocycles. The van der Waals surface area contributed by atoms with Crippen molar-refractivity contribution in [3.8, 4) is 0 Å². The summed E-state index contributed by atoms with van der Waals surface area (Å²) in [5.41, 5.74) is 1.14. The highest BCUT2D eigenvalue weighted by Crippen LogP contribution is 2.26. The summed E-state index contributed by atoms with van der Waals surface area (Å²) < 4.78 is 1.03. The molecular formula is C16H21BrN2O3. The Labute approximate surface area is 138 Å². The number of carbonyl (C=O) groups excluding carboxylic acids is 1. The molecule has 1 aliphatic carbocycles. The number of nitrogens with zero attached hydrogens (tertiary/aromatic N) is 1. The van der Waals surface area contributed by atoms with Gasteiger partial charge in [-0.15, -0.1) is 0 Å². The zero-order valence-corrected chi connectivity index (χ0v) is 14.0. The molecule has 0 aromatic heterocycles. The molecule has 1 aliphatic rings. The molecule has 1 fully saturated rings. The zero-order chi connectivity index (χ0) is 15.9. The lowest BCUT2D eigenvalue weighted by molar-refractivity contribution is -0.138. The standard InChI is InChI=1S/C16H21BrN2O3/c17-14-8-4-1-5-12(14)10-19(13-6-2-3-7-13)11-15(20)18-9-16(21)22/h1,4-5,8,13H,2-3,6-7,9-11H2,(H,18,20)(H,21,22). The maximum atomic E-state index is 12.0. The van der Waals surface area contributed by atoms with Gasteiger partial charge in [-0.25, -0.2) is 0 Å². The lowest BCUT2D eigenvalue weighted by Gasteiger charge is -2.28. The summed E-state index contributed by atoms with van der Waals surface area (Å²) in [6.45, 7) is 0.595. The van der Waals surface area contributed by atoms with Crippen LogP contribution in [-0.2, 0) is 16.1 Å². The van der Waals surface area contributed by atoms with E-state index >= 15 is 0 Å². The van der Waals surface area contributed by atoms with Crippen LogP contribution in [-0.4, -0.2) is 41.0 Å². The van der Waals surface area contributed by atoms with E-state index in [0.717, 1.165) is 22.9 Å². The predicted octanol–water partition coefficient (Wildman–Crippen LogP) is 2.39. The number of aliphatic carboxylic acids is 1. The second-order valence-corrected chi connectivity index (χ2v) is 6.46. The summed E-state index contributed by atoms with van der Waals surface area (Å²) >= 11 is 3.54. The number of benzene rings is 1. The first-order chi connectivity index (χ1) is 10.6. The monoisotopic (exact) mass is 368 g/mol. The minimum absolute atomic E-state index is 0.235. The number of hydrogen-bond donors (Lipinski definition) is 2. The van der Waals surface area contributed by atoms with Crippen molar-refractivity contribution in [2.45, 2.75) is 38.3 Å². The molecule has 1 amide bonds. The average Bonchev–Trinajstić information content (AvgIpc) is 3.01. The molecule has 1 aromatic rings. The Morgan fingerprint density at radius 2 is 1.95 bits per heavy atom. The van der Waals surface area contributed by atoms with Crippen LogP contribution in [0, 0.1) is 0 Å². The van der Waals surface area contributed by atoms with Crippen LogP contribution in [0.1, 0.15) is 31.2 Å². The first kappa shape index (κ1) is 17.0. The molecule has 0 saturated heterocycles. The highest BCUT2D eigenvalue weighted by molar-refractivity contribution is 9.10. The van der Waals surface area contributed by atoms with E-state index in [0.29, 0.717) is 12.6 Å². The molecule has 2 N–H and O–H groups in total. The average molecular weight is 369 g/mol. The third-order valence-corrected chi connectivity index (χ3v) is 4.73. The van der Waals surface area contributed by atoms with Crippen molar-refractivity contribution in [2.75, 3.05) is 13.1 Å². The van der Waals surface area contributed by atoms with Crippen LogP contribution < -0.4 is 5.32 Å². The fourth-order valence-electron chi connectivity index (χ4n) is 2.84. The fourth-order valence-corrected chi connectivity index (χ4v) is 3.25. The van der Waals surface area contributed by atoms with Gasteiger partial charge in [0.15, 0.2) is 0 Å². The van der Waals surface area contributed by atoms with Gasteiger partial charge in [0, 0.05) is 17.1 Å². The number of amides is 1. The lowest BCUT2D eigenvalue weighted by Crippen LogP contribution is -2.42. The van der Waals surface area contributed by atoms with Crippen molar-refractivity contribution in [2.24, 2.45) is 0 Å². The summed E-state index contributed by atoms with van der Waals surface area (Å²) in [5, 5.41) is 11.1. The highest BCUT2D eigenvalue weighted by atomic mass is 79.9. The molecule has 5 nitrogen and oxygen atoms in total. The second-order valence-electron chi connectivity index (χ2n) is 5.61. The first-order valence-electron chi connectivity index (χ1n) is 7.52. The minimum atomic E-state index is -1.02. The number of nitrogens with one attached hydrogen (secondary N) is 1. The number of rotatable bonds is 7. The minimum Gasteiger partial charge on any atom is -0.480 e. The molecule has 0 spiro atoms. The second kappa shape index (κ2) is 8.29. The lowest BCUT2D eigenvalue weighted by atomic mass is 10.1. The Kier molecular flexibility index (Phi) is 6.39. The quantitative estimate of drug-likeness (QED) is 0.775. The van der Waals surface area contributed by atoms with E-state index in [2.05, 4.69) is 26.1 Å². The molecular weight excluding hydrogens is 348 g/mol. The van der Waals surface area contributed by atoms with Gasteiger partial charge in [0.1, 0.15) is 6.54 Å². The first-order valence-corrected chi connectivity index (χ1v) is 8.31. The summed E-state index contributed by atoms with van der Waals surface area (Å²) in [5.74, 6) is -1.26. The van der Waals surface area contributed by atoms with Crippen LogP contribution in [0.2, 0.25) is 0 Å². The summed E-state index contributed by atoms with van der Waals surface area (Å²) in [4.78, 5) is 24.7. The Bertz CT molecular complexity index is 530. The van der Waals surface area contributed by atoms with Crippen molar-refractivity contribution in [3.63, 3.8) is 0 Å². The molecule has 2 rings (SSSR count). The van der Waals surface area contributed by atoms with Gasteiger partial charge in [0.25, 0.3) is 0 Å². The molecule has 22 heavy (non-hydrogen) atoms. The zero-order valence-electron chi connectivity index (χ0n) is 12.4. The summed E-state index contributed by atoms with van der Waals surface area (Å²) in [7, 11) is 0. The van der Waals surface area contributed by atoms with Gasteiger partial charge in [0.05, 0.1) is 6.54 Å². The normalized spacial score (nSPS) is 15.2. The third kappa shape index (κ3) is 5.10. The smallest absolute Gasteiger partial charge is 0.322 e. The molecule has 0 unspecified atom stereocenters. The summed E-state index contributed by atoms with van der Waals surface area (Å²) in [6.07, 6.45) is 4.56. The summed E-state index contributed by atoms with van der Waals surface area (Å²) in [6, 6.07) is 8.38. The van der Waals surface area contributed by atoms with Gasteiger partial charge >= 0.3 is 5.97 Å². The Morgan fingerprint density at radius 1 is 1.27 bits per heavy atom.